The maximum Gasteiger partial charge on any atom is 0.196 e. The summed E-state index contributed by atoms with van der Waals surface area (Å²) >= 11 is 0. The number of hydrogen-bond donors (Lipinski definition) is 0. The van der Waals surface area contributed by atoms with Gasteiger partial charge in [-0.3, -0.25) is 9.78 Å². The fraction of sp³-hybridized carbons (Fsp3) is 0.304. The quantitative estimate of drug-likeness (QED) is 0.656. The van der Waals surface area contributed by atoms with E-state index in [9.17, 15) is 4.79 Å². The second-order valence-corrected chi connectivity index (χ2v) is 7.27. The molecule has 138 valence electrons. The first-order valence-corrected chi connectivity index (χ1v) is 9.38. The first-order valence-electron chi connectivity index (χ1n) is 9.38. The second kappa shape index (κ2) is 7.12. The van der Waals surface area contributed by atoms with Crippen molar-refractivity contribution in [2.75, 3.05) is 31.2 Å². The largest absolute Gasteiger partial charge is 0.378 e. The Kier molecular flexibility index (Phi) is 4.66. The van der Waals surface area contributed by atoms with Crippen molar-refractivity contribution in [3.05, 3.63) is 70.4 Å². The van der Waals surface area contributed by atoms with Crippen molar-refractivity contribution in [1.82, 2.24) is 4.98 Å². The maximum atomic E-state index is 13.4. The molecule has 1 saturated heterocycles. The SMILES string of the molecule is Cc1ccc2ncc(C(=O)c3ccc(C)c(C)c3)c(N3CCOCC3)c2c1. The molecule has 0 spiro atoms. The molecule has 0 aliphatic carbocycles. The zero-order valence-corrected chi connectivity index (χ0v) is 16.1. The van der Waals surface area contributed by atoms with Crippen molar-refractivity contribution in [3.8, 4) is 0 Å². The van der Waals surface area contributed by atoms with Crippen molar-refractivity contribution in [3.63, 3.8) is 0 Å². The Morgan fingerprint density at radius 1 is 1.00 bits per heavy atom. The number of carbonyl (C=O) groups is 1. The van der Waals surface area contributed by atoms with Crippen molar-refractivity contribution in [2.24, 2.45) is 0 Å². The number of fused-ring (bicyclic) bond motifs is 1. The summed E-state index contributed by atoms with van der Waals surface area (Å²) < 4.78 is 5.53. The third kappa shape index (κ3) is 3.33. The number of nitrogens with zero attached hydrogens (tertiary/aromatic N) is 2. The fourth-order valence-electron chi connectivity index (χ4n) is 3.62. The summed E-state index contributed by atoms with van der Waals surface area (Å²) in [6.07, 6.45) is 1.74. The molecule has 0 bridgehead atoms. The van der Waals surface area contributed by atoms with Crippen LogP contribution in [0.1, 0.15) is 32.6 Å². The molecular formula is C23H24N2O2. The van der Waals surface area contributed by atoms with Crippen LogP contribution in [0.3, 0.4) is 0 Å². The molecule has 4 rings (SSSR count). The Labute approximate surface area is 159 Å². The van der Waals surface area contributed by atoms with Gasteiger partial charge >= 0.3 is 0 Å². The molecular weight excluding hydrogens is 336 g/mol. The van der Waals surface area contributed by atoms with E-state index in [-0.39, 0.29) is 5.78 Å². The molecule has 2 heterocycles. The number of hydrogen-bond acceptors (Lipinski definition) is 4. The zero-order chi connectivity index (χ0) is 19.0. The minimum atomic E-state index is 0.0236. The van der Waals surface area contributed by atoms with E-state index in [2.05, 4.69) is 35.9 Å². The van der Waals surface area contributed by atoms with Crippen LogP contribution < -0.4 is 4.90 Å². The average molecular weight is 360 g/mol. The second-order valence-electron chi connectivity index (χ2n) is 7.27. The summed E-state index contributed by atoms with van der Waals surface area (Å²) in [7, 11) is 0. The Morgan fingerprint density at radius 2 is 1.78 bits per heavy atom. The number of anilines is 1. The number of benzene rings is 2. The fourth-order valence-corrected chi connectivity index (χ4v) is 3.62. The number of ketones is 1. The molecule has 0 unspecified atom stereocenters. The van der Waals surface area contributed by atoms with Gasteiger partial charge in [0, 0.05) is 30.2 Å². The van der Waals surface area contributed by atoms with Crippen molar-refractivity contribution < 1.29 is 9.53 Å². The summed E-state index contributed by atoms with van der Waals surface area (Å²) in [6.45, 7) is 9.07. The number of aromatic nitrogens is 1. The first kappa shape index (κ1) is 17.7. The Morgan fingerprint density at radius 3 is 2.52 bits per heavy atom. The van der Waals surface area contributed by atoms with E-state index in [0.717, 1.165) is 40.8 Å². The van der Waals surface area contributed by atoms with Gasteiger partial charge in [0.1, 0.15) is 0 Å². The van der Waals surface area contributed by atoms with E-state index < -0.39 is 0 Å². The highest BCUT2D eigenvalue weighted by Gasteiger charge is 2.23. The number of morpholine rings is 1. The highest BCUT2D eigenvalue weighted by Crippen LogP contribution is 2.32. The molecule has 0 radical (unpaired) electrons. The minimum absolute atomic E-state index is 0.0236. The third-order valence-electron chi connectivity index (χ3n) is 5.34. The molecule has 3 aromatic rings. The van der Waals surface area contributed by atoms with E-state index in [1.165, 1.54) is 5.56 Å². The monoisotopic (exact) mass is 360 g/mol. The molecule has 0 N–H and O–H groups in total. The lowest BCUT2D eigenvalue weighted by Crippen LogP contribution is -2.37. The summed E-state index contributed by atoms with van der Waals surface area (Å²) in [5, 5.41) is 1.03. The number of carbonyl (C=O) groups excluding carboxylic acids is 1. The van der Waals surface area contributed by atoms with Crippen LogP contribution in [0.15, 0.2) is 42.6 Å². The molecule has 27 heavy (non-hydrogen) atoms. The molecule has 1 fully saturated rings. The lowest BCUT2D eigenvalue weighted by molar-refractivity contribution is 0.103. The zero-order valence-electron chi connectivity index (χ0n) is 16.1. The van der Waals surface area contributed by atoms with Crippen LogP contribution in [-0.2, 0) is 4.74 Å². The van der Waals surface area contributed by atoms with E-state index >= 15 is 0 Å². The smallest absolute Gasteiger partial charge is 0.196 e. The van der Waals surface area contributed by atoms with Crippen LogP contribution >= 0.6 is 0 Å². The summed E-state index contributed by atoms with van der Waals surface area (Å²) in [6, 6.07) is 12.1. The number of aryl methyl sites for hydroxylation is 3. The Balaban J connectivity index is 1.90. The van der Waals surface area contributed by atoms with Gasteiger partial charge in [0.25, 0.3) is 0 Å². The molecule has 1 aromatic heterocycles. The summed E-state index contributed by atoms with van der Waals surface area (Å²) in [5.74, 6) is 0.0236. The normalized spacial score (nSPS) is 14.6. The summed E-state index contributed by atoms with van der Waals surface area (Å²) in [4.78, 5) is 20.3. The van der Waals surface area contributed by atoms with Gasteiger partial charge in [0.05, 0.1) is 30.0 Å². The van der Waals surface area contributed by atoms with Crippen LogP contribution in [0.4, 0.5) is 5.69 Å². The first-order chi connectivity index (χ1) is 13.0. The predicted molar refractivity (Wildman–Crippen MR) is 109 cm³/mol. The predicted octanol–water partition coefficient (Wildman–Crippen LogP) is 4.23. The molecule has 0 saturated carbocycles. The molecule has 4 nitrogen and oxygen atoms in total. The van der Waals surface area contributed by atoms with Crippen LogP contribution in [-0.4, -0.2) is 37.1 Å². The molecule has 4 heteroatoms. The van der Waals surface area contributed by atoms with E-state index in [4.69, 9.17) is 4.74 Å². The van der Waals surface area contributed by atoms with Gasteiger partial charge in [0.2, 0.25) is 0 Å². The number of pyridine rings is 1. The van der Waals surface area contributed by atoms with Gasteiger partial charge in [0.15, 0.2) is 5.78 Å². The Hall–Kier alpha value is -2.72. The molecule has 1 aliphatic heterocycles. The highest BCUT2D eigenvalue weighted by atomic mass is 16.5. The minimum Gasteiger partial charge on any atom is -0.378 e. The maximum absolute atomic E-state index is 13.4. The van der Waals surface area contributed by atoms with Crippen molar-refractivity contribution in [2.45, 2.75) is 20.8 Å². The molecule has 1 aliphatic rings. The van der Waals surface area contributed by atoms with E-state index in [0.29, 0.717) is 24.3 Å². The Bertz CT molecular complexity index is 1020. The third-order valence-corrected chi connectivity index (χ3v) is 5.34. The lowest BCUT2D eigenvalue weighted by Gasteiger charge is -2.31. The lowest BCUT2D eigenvalue weighted by atomic mass is 9.96. The van der Waals surface area contributed by atoms with Crippen LogP contribution in [0.25, 0.3) is 10.9 Å². The van der Waals surface area contributed by atoms with E-state index in [1.807, 2.05) is 31.2 Å². The van der Waals surface area contributed by atoms with E-state index in [1.54, 1.807) is 6.20 Å². The number of rotatable bonds is 3. The molecule has 0 amide bonds. The van der Waals surface area contributed by atoms with Gasteiger partial charge in [-0.25, -0.2) is 0 Å². The average Bonchev–Trinajstić information content (AvgIpc) is 2.69. The standard InChI is InChI=1S/C23H24N2O2/c1-15-4-7-21-19(12-15)22(25-8-10-27-11-9-25)20(14-24-21)23(26)18-6-5-16(2)17(3)13-18/h4-7,12-14H,8-11H2,1-3H3. The topological polar surface area (TPSA) is 42.4 Å². The van der Waals surface area contributed by atoms with Gasteiger partial charge in [-0.2, -0.15) is 0 Å². The molecule has 0 atom stereocenters. The van der Waals surface area contributed by atoms with Gasteiger partial charge < -0.3 is 9.64 Å². The summed E-state index contributed by atoms with van der Waals surface area (Å²) in [5.41, 5.74) is 6.74. The highest BCUT2D eigenvalue weighted by molar-refractivity contribution is 6.16. The van der Waals surface area contributed by atoms with Crippen LogP contribution in [0.5, 0.6) is 0 Å². The van der Waals surface area contributed by atoms with Gasteiger partial charge in [-0.05, 0) is 50.1 Å². The van der Waals surface area contributed by atoms with Crippen LogP contribution in [0.2, 0.25) is 0 Å². The van der Waals surface area contributed by atoms with Gasteiger partial charge in [-0.1, -0.05) is 23.8 Å². The van der Waals surface area contributed by atoms with Crippen molar-refractivity contribution in [1.29, 1.82) is 0 Å². The molecule has 2 aromatic carbocycles. The van der Waals surface area contributed by atoms with Crippen molar-refractivity contribution >= 4 is 22.4 Å². The number of ether oxygens (including phenoxy) is 1. The van der Waals surface area contributed by atoms with Gasteiger partial charge in [-0.15, -0.1) is 0 Å². The van der Waals surface area contributed by atoms with Crippen LogP contribution in [0, 0.1) is 20.8 Å².